The maximum atomic E-state index is 4.70. The summed E-state index contributed by atoms with van der Waals surface area (Å²) in [5.74, 6) is 1.06. The lowest BCUT2D eigenvalue weighted by molar-refractivity contribution is 0.516. The van der Waals surface area contributed by atoms with Crippen LogP contribution in [0, 0.1) is 13.8 Å². The van der Waals surface area contributed by atoms with Gasteiger partial charge in [-0.25, -0.2) is 4.98 Å². The van der Waals surface area contributed by atoms with Crippen LogP contribution >= 0.6 is 0 Å². The highest BCUT2D eigenvalue weighted by Gasteiger charge is 2.14. The average Bonchev–Trinajstić information content (AvgIpc) is 2.93. The maximum absolute atomic E-state index is 4.70. The summed E-state index contributed by atoms with van der Waals surface area (Å²) in [5.41, 5.74) is 4.83. The van der Waals surface area contributed by atoms with E-state index in [0.29, 0.717) is 6.04 Å². The lowest BCUT2D eigenvalue weighted by Gasteiger charge is -2.09. The first-order valence-electron chi connectivity index (χ1n) is 6.91. The van der Waals surface area contributed by atoms with Gasteiger partial charge in [0.2, 0.25) is 0 Å². The third-order valence-electron chi connectivity index (χ3n) is 3.88. The number of hydrogen-bond donors (Lipinski definition) is 2. The molecule has 1 fully saturated rings. The zero-order valence-electron chi connectivity index (χ0n) is 11.2. The molecule has 1 aliphatic rings. The zero-order chi connectivity index (χ0) is 12.5. The van der Waals surface area contributed by atoms with Crippen LogP contribution in [0.15, 0.2) is 12.1 Å². The number of aromatic nitrogens is 2. The number of nitrogens with zero attached hydrogens (tertiary/aromatic N) is 1. The van der Waals surface area contributed by atoms with Crippen LogP contribution in [-0.2, 0) is 6.54 Å². The number of hydrogen-bond acceptors (Lipinski definition) is 2. The van der Waals surface area contributed by atoms with Gasteiger partial charge in [-0.2, -0.15) is 0 Å². The van der Waals surface area contributed by atoms with Crippen LogP contribution < -0.4 is 5.32 Å². The molecule has 0 saturated heterocycles. The van der Waals surface area contributed by atoms with Crippen molar-refractivity contribution in [2.75, 3.05) is 0 Å². The Morgan fingerprint density at radius 1 is 1.28 bits per heavy atom. The standard InChI is InChI=1S/C15H21N3/c1-10-7-11(2)15-13(8-10)17-14(18-15)9-16-12-5-3-4-6-12/h7-8,12,16H,3-6,9H2,1-2H3,(H,17,18). The molecule has 1 heterocycles. The minimum absolute atomic E-state index is 0.695. The Morgan fingerprint density at radius 3 is 2.83 bits per heavy atom. The molecule has 18 heavy (non-hydrogen) atoms. The monoisotopic (exact) mass is 243 g/mol. The summed E-state index contributed by atoms with van der Waals surface area (Å²) in [4.78, 5) is 8.12. The third kappa shape index (κ3) is 2.27. The molecule has 0 unspecified atom stereocenters. The van der Waals surface area contributed by atoms with E-state index in [-0.39, 0.29) is 0 Å². The van der Waals surface area contributed by atoms with Crippen LogP contribution in [0.3, 0.4) is 0 Å². The molecular formula is C15H21N3. The number of nitrogens with one attached hydrogen (secondary N) is 2. The first-order chi connectivity index (χ1) is 8.72. The molecule has 0 bridgehead atoms. The second-order valence-corrected chi connectivity index (χ2v) is 5.52. The van der Waals surface area contributed by atoms with Gasteiger partial charge in [0.25, 0.3) is 0 Å². The van der Waals surface area contributed by atoms with E-state index in [0.717, 1.165) is 23.4 Å². The largest absolute Gasteiger partial charge is 0.341 e. The Bertz CT molecular complexity index is 550. The van der Waals surface area contributed by atoms with Gasteiger partial charge in [0, 0.05) is 6.04 Å². The minimum atomic E-state index is 0.695. The Labute approximate surface area is 108 Å². The molecule has 0 spiro atoms. The van der Waals surface area contributed by atoms with Crippen molar-refractivity contribution in [3.8, 4) is 0 Å². The van der Waals surface area contributed by atoms with Crippen LogP contribution in [0.1, 0.15) is 42.6 Å². The normalized spacial score (nSPS) is 16.8. The van der Waals surface area contributed by atoms with Gasteiger partial charge in [-0.15, -0.1) is 0 Å². The lowest BCUT2D eigenvalue weighted by Crippen LogP contribution is -2.25. The van der Waals surface area contributed by atoms with Gasteiger partial charge in [0.05, 0.1) is 17.6 Å². The topological polar surface area (TPSA) is 40.7 Å². The first kappa shape index (κ1) is 11.7. The number of imidazole rings is 1. The van der Waals surface area contributed by atoms with E-state index in [1.807, 2.05) is 0 Å². The minimum Gasteiger partial charge on any atom is -0.341 e. The third-order valence-corrected chi connectivity index (χ3v) is 3.88. The van der Waals surface area contributed by atoms with Crippen molar-refractivity contribution >= 4 is 11.0 Å². The molecule has 0 amide bonds. The Kier molecular flexibility index (Phi) is 3.08. The summed E-state index contributed by atoms with van der Waals surface area (Å²) in [6.07, 6.45) is 5.38. The van der Waals surface area contributed by atoms with Crippen LogP contribution in [0.25, 0.3) is 11.0 Å². The van der Waals surface area contributed by atoms with E-state index in [9.17, 15) is 0 Å². The van der Waals surface area contributed by atoms with Gasteiger partial charge < -0.3 is 10.3 Å². The van der Waals surface area contributed by atoms with E-state index in [4.69, 9.17) is 4.98 Å². The van der Waals surface area contributed by atoms with Gasteiger partial charge in [-0.05, 0) is 43.9 Å². The fourth-order valence-corrected chi connectivity index (χ4v) is 2.98. The molecule has 3 nitrogen and oxygen atoms in total. The first-order valence-corrected chi connectivity index (χ1v) is 6.91. The van der Waals surface area contributed by atoms with Crippen molar-refractivity contribution in [2.24, 2.45) is 0 Å². The summed E-state index contributed by atoms with van der Waals surface area (Å²) in [7, 11) is 0. The zero-order valence-corrected chi connectivity index (χ0v) is 11.2. The van der Waals surface area contributed by atoms with Crippen molar-refractivity contribution in [3.05, 3.63) is 29.1 Å². The number of H-pyrrole nitrogens is 1. The Morgan fingerprint density at radius 2 is 2.06 bits per heavy atom. The molecule has 0 aliphatic heterocycles. The summed E-state index contributed by atoms with van der Waals surface area (Å²) in [5, 5.41) is 3.60. The van der Waals surface area contributed by atoms with Crippen molar-refractivity contribution < 1.29 is 0 Å². The lowest BCUT2D eigenvalue weighted by atomic mass is 10.1. The number of rotatable bonds is 3. The van der Waals surface area contributed by atoms with Crippen molar-refractivity contribution in [1.29, 1.82) is 0 Å². The Balaban J connectivity index is 1.78. The molecule has 1 saturated carbocycles. The van der Waals surface area contributed by atoms with Crippen molar-refractivity contribution in [3.63, 3.8) is 0 Å². The van der Waals surface area contributed by atoms with E-state index < -0.39 is 0 Å². The van der Waals surface area contributed by atoms with E-state index in [1.54, 1.807) is 0 Å². The highest BCUT2D eigenvalue weighted by atomic mass is 15.0. The van der Waals surface area contributed by atoms with E-state index in [1.165, 1.54) is 36.8 Å². The second-order valence-electron chi connectivity index (χ2n) is 5.52. The van der Waals surface area contributed by atoms with Gasteiger partial charge in [0.1, 0.15) is 5.82 Å². The molecule has 1 aromatic carbocycles. The predicted molar refractivity (Wildman–Crippen MR) is 74.7 cm³/mol. The van der Waals surface area contributed by atoms with Gasteiger partial charge in [0.15, 0.2) is 0 Å². The molecule has 2 aromatic rings. The van der Waals surface area contributed by atoms with Gasteiger partial charge in [-0.1, -0.05) is 18.9 Å². The quantitative estimate of drug-likeness (QED) is 0.869. The molecule has 1 aliphatic carbocycles. The molecule has 0 radical (unpaired) electrons. The van der Waals surface area contributed by atoms with Crippen LogP contribution in [0.2, 0.25) is 0 Å². The molecule has 3 heteroatoms. The fraction of sp³-hybridized carbons (Fsp3) is 0.533. The van der Waals surface area contributed by atoms with E-state index >= 15 is 0 Å². The predicted octanol–water partition coefficient (Wildman–Crippen LogP) is 3.21. The van der Waals surface area contributed by atoms with Gasteiger partial charge in [-0.3, -0.25) is 0 Å². The smallest absolute Gasteiger partial charge is 0.121 e. The molecule has 0 atom stereocenters. The molecule has 3 rings (SSSR count). The summed E-state index contributed by atoms with van der Waals surface area (Å²) in [6, 6.07) is 5.06. The Hall–Kier alpha value is -1.35. The van der Waals surface area contributed by atoms with Crippen molar-refractivity contribution in [2.45, 2.75) is 52.1 Å². The van der Waals surface area contributed by atoms with Crippen molar-refractivity contribution in [1.82, 2.24) is 15.3 Å². The number of fused-ring (bicyclic) bond motifs is 1. The number of aromatic amines is 1. The fourth-order valence-electron chi connectivity index (χ4n) is 2.98. The maximum Gasteiger partial charge on any atom is 0.121 e. The van der Waals surface area contributed by atoms with Crippen LogP contribution in [0.5, 0.6) is 0 Å². The number of benzene rings is 1. The molecule has 1 aromatic heterocycles. The molecule has 2 N–H and O–H groups in total. The molecular weight excluding hydrogens is 222 g/mol. The summed E-state index contributed by atoms with van der Waals surface area (Å²) in [6.45, 7) is 5.12. The average molecular weight is 243 g/mol. The molecule has 96 valence electrons. The van der Waals surface area contributed by atoms with Crippen LogP contribution in [0.4, 0.5) is 0 Å². The number of aryl methyl sites for hydroxylation is 2. The van der Waals surface area contributed by atoms with E-state index in [2.05, 4.69) is 36.3 Å². The summed E-state index contributed by atoms with van der Waals surface area (Å²) >= 11 is 0. The highest BCUT2D eigenvalue weighted by Crippen LogP contribution is 2.20. The van der Waals surface area contributed by atoms with Gasteiger partial charge >= 0.3 is 0 Å². The second kappa shape index (κ2) is 4.73. The summed E-state index contributed by atoms with van der Waals surface area (Å²) < 4.78 is 0. The highest BCUT2D eigenvalue weighted by molar-refractivity contribution is 5.79. The SMILES string of the molecule is Cc1cc(C)c2nc(CNC3CCCC3)[nH]c2c1. The van der Waals surface area contributed by atoms with Crippen LogP contribution in [-0.4, -0.2) is 16.0 Å².